The third kappa shape index (κ3) is 5.26. The molecular formula is C25H32N2O2. The van der Waals surface area contributed by atoms with Crippen molar-refractivity contribution in [2.24, 2.45) is 0 Å². The zero-order valence-corrected chi connectivity index (χ0v) is 18.1. The molecule has 0 N–H and O–H groups in total. The maximum absolute atomic E-state index is 11.0. The van der Waals surface area contributed by atoms with Crippen molar-refractivity contribution >= 4 is 24.2 Å². The number of imidazole rings is 1. The van der Waals surface area contributed by atoms with Crippen LogP contribution in [0.25, 0.3) is 17.7 Å². The monoisotopic (exact) mass is 392 g/mol. The first-order chi connectivity index (χ1) is 14.0. The molecule has 0 saturated carbocycles. The van der Waals surface area contributed by atoms with Crippen molar-refractivity contribution in [3.05, 3.63) is 52.1 Å². The summed E-state index contributed by atoms with van der Waals surface area (Å²) in [6, 6.07) is 4.15. The van der Waals surface area contributed by atoms with Gasteiger partial charge in [-0.05, 0) is 81.0 Å². The summed E-state index contributed by atoms with van der Waals surface area (Å²) in [4.78, 5) is 15.8. The highest BCUT2D eigenvalue weighted by atomic mass is 16.5. The van der Waals surface area contributed by atoms with Crippen molar-refractivity contribution in [3.8, 4) is 5.75 Å². The topological polar surface area (TPSA) is 44.1 Å². The summed E-state index contributed by atoms with van der Waals surface area (Å²) in [5.41, 5.74) is 6.82. The number of unbranched alkanes of at least 4 members (excludes halogenated alkanes) is 3. The zero-order chi connectivity index (χ0) is 20.8. The highest BCUT2D eigenvalue weighted by Gasteiger charge is 2.13. The van der Waals surface area contributed by atoms with Gasteiger partial charge in [0.2, 0.25) is 0 Å². The number of allylic oxidation sites excluding steroid dienone is 2. The van der Waals surface area contributed by atoms with Crippen LogP contribution in [0, 0.1) is 6.92 Å². The fourth-order valence-electron chi connectivity index (χ4n) is 3.83. The van der Waals surface area contributed by atoms with Gasteiger partial charge in [-0.25, -0.2) is 4.98 Å². The lowest BCUT2D eigenvalue weighted by Crippen LogP contribution is -2.04. The molecule has 0 bridgehead atoms. The average Bonchev–Trinajstić information content (AvgIpc) is 3.11. The molecule has 1 aliphatic rings. The molecule has 0 radical (unpaired) electrons. The highest BCUT2D eigenvalue weighted by Crippen LogP contribution is 2.29. The van der Waals surface area contributed by atoms with E-state index in [4.69, 9.17) is 9.72 Å². The Balaban J connectivity index is 1.90. The van der Waals surface area contributed by atoms with Crippen LogP contribution in [0.3, 0.4) is 0 Å². The summed E-state index contributed by atoms with van der Waals surface area (Å²) in [6.45, 7) is 10.0. The molecule has 2 aromatic rings. The van der Waals surface area contributed by atoms with Gasteiger partial charge in [0.05, 0.1) is 5.69 Å². The molecule has 2 heterocycles. The molecule has 3 rings (SSSR count). The molecule has 0 spiro atoms. The van der Waals surface area contributed by atoms with E-state index in [2.05, 4.69) is 56.7 Å². The van der Waals surface area contributed by atoms with Gasteiger partial charge >= 0.3 is 0 Å². The van der Waals surface area contributed by atoms with Crippen LogP contribution in [0.15, 0.2) is 23.9 Å². The number of hydrogen-bond acceptors (Lipinski definition) is 3. The molecule has 0 amide bonds. The molecule has 4 heteroatoms. The van der Waals surface area contributed by atoms with Crippen LogP contribution >= 0.6 is 0 Å². The first-order valence-corrected chi connectivity index (χ1v) is 10.7. The lowest BCUT2D eigenvalue weighted by molar-refractivity contribution is -0.120. The summed E-state index contributed by atoms with van der Waals surface area (Å²) in [5.74, 6) is 1.62. The van der Waals surface area contributed by atoms with E-state index >= 15 is 0 Å². The van der Waals surface area contributed by atoms with Gasteiger partial charge in [0.25, 0.3) is 6.47 Å². The van der Waals surface area contributed by atoms with E-state index in [1.807, 2.05) is 6.07 Å². The third-order valence-electron chi connectivity index (χ3n) is 5.65. The van der Waals surface area contributed by atoms with Crippen LogP contribution in [0.1, 0.15) is 81.1 Å². The van der Waals surface area contributed by atoms with Crippen molar-refractivity contribution in [1.82, 2.24) is 9.55 Å². The molecule has 154 valence electrons. The molecule has 1 aromatic heterocycles. The number of rotatable bonds is 9. The van der Waals surface area contributed by atoms with Crippen molar-refractivity contribution < 1.29 is 9.53 Å². The molecular weight excluding hydrogens is 360 g/mol. The summed E-state index contributed by atoms with van der Waals surface area (Å²) in [5, 5.41) is 0. The second kappa shape index (κ2) is 9.73. The van der Waals surface area contributed by atoms with E-state index < -0.39 is 0 Å². The van der Waals surface area contributed by atoms with Crippen LogP contribution in [0.4, 0.5) is 0 Å². The SMILES string of the molecule is CCCCCCc1cc(/C=C(\C)c2cn3c(n2)C=C(C)CC3)c(OC=O)cc1C. The predicted molar refractivity (Wildman–Crippen MR) is 120 cm³/mol. The Labute approximate surface area is 174 Å². The molecule has 0 atom stereocenters. The Kier molecular flexibility index (Phi) is 7.08. The molecule has 0 fully saturated rings. The first-order valence-electron chi connectivity index (χ1n) is 10.7. The largest absolute Gasteiger partial charge is 0.428 e. The number of aryl methyl sites for hydroxylation is 3. The van der Waals surface area contributed by atoms with E-state index in [9.17, 15) is 4.79 Å². The number of nitrogens with zero attached hydrogens (tertiary/aromatic N) is 2. The first kappa shape index (κ1) is 21.1. The smallest absolute Gasteiger partial charge is 0.298 e. The Morgan fingerprint density at radius 3 is 2.83 bits per heavy atom. The van der Waals surface area contributed by atoms with E-state index in [-0.39, 0.29) is 0 Å². The summed E-state index contributed by atoms with van der Waals surface area (Å²) in [7, 11) is 0. The van der Waals surface area contributed by atoms with Gasteiger partial charge < -0.3 is 9.30 Å². The van der Waals surface area contributed by atoms with Crippen molar-refractivity contribution in [3.63, 3.8) is 0 Å². The van der Waals surface area contributed by atoms with Gasteiger partial charge in [-0.3, -0.25) is 4.79 Å². The van der Waals surface area contributed by atoms with E-state index in [1.165, 1.54) is 42.4 Å². The van der Waals surface area contributed by atoms with Crippen LogP contribution in [0.2, 0.25) is 0 Å². The van der Waals surface area contributed by atoms with Gasteiger partial charge in [-0.2, -0.15) is 0 Å². The number of benzene rings is 1. The summed E-state index contributed by atoms with van der Waals surface area (Å²) in [6.07, 6.45) is 13.4. The van der Waals surface area contributed by atoms with Gasteiger partial charge in [-0.1, -0.05) is 31.8 Å². The quantitative estimate of drug-likeness (QED) is 0.376. The van der Waals surface area contributed by atoms with E-state index in [0.717, 1.165) is 42.0 Å². The van der Waals surface area contributed by atoms with Gasteiger partial charge in [-0.15, -0.1) is 0 Å². The number of fused-ring (bicyclic) bond motifs is 1. The Bertz CT molecular complexity index is 935. The lowest BCUT2D eigenvalue weighted by atomic mass is 9.97. The zero-order valence-electron chi connectivity index (χ0n) is 18.1. The number of carbonyl (C=O) groups excluding carboxylic acids is 1. The Morgan fingerprint density at radius 1 is 1.24 bits per heavy atom. The van der Waals surface area contributed by atoms with Crippen LogP contribution in [-0.4, -0.2) is 16.0 Å². The Morgan fingerprint density at radius 2 is 2.07 bits per heavy atom. The lowest BCUT2D eigenvalue weighted by Gasteiger charge is -2.12. The minimum atomic E-state index is 0.505. The van der Waals surface area contributed by atoms with E-state index in [1.54, 1.807) is 0 Å². The molecule has 1 aromatic carbocycles. The maximum atomic E-state index is 11.0. The Hall–Kier alpha value is -2.62. The standard InChI is InChI=1S/C25H32N2O2/c1-5-6-7-8-9-21-15-22(24(29-17-28)14-19(21)3)13-20(4)23-16-27-11-10-18(2)12-25(27)26-23/h12-17H,5-11H2,1-4H3/b20-13+. The third-order valence-corrected chi connectivity index (χ3v) is 5.65. The van der Waals surface area contributed by atoms with Gasteiger partial charge in [0.15, 0.2) is 0 Å². The molecule has 4 nitrogen and oxygen atoms in total. The van der Waals surface area contributed by atoms with Crippen LogP contribution in [-0.2, 0) is 17.8 Å². The number of ether oxygens (including phenoxy) is 1. The minimum absolute atomic E-state index is 0.505. The molecule has 0 unspecified atom stereocenters. The van der Waals surface area contributed by atoms with Crippen molar-refractivity contribution in [1.29, 1.82) is 0 Å². The molecule has 0 saturated heterocycles. The van der Waals surface area contributed by atoms with Gasteiger partial charge in [0.1, 0.15) is 11.6 Å². The summed E-state index contributed by atoms with van der Waals surface area (Å²) < 4.78 is 7.49. The fraction of sp³-hybridized carbons (Fsp3) is 0.440. The van der Waals surface area contributed by atoms with Crippen LogP contribution in [0.5, 0.6) is 5.75 Å². The average molecular weight is 393 g/mol. The van der Waals surface area contributed by atoms with E-state index in [0.29, 0.717) is 12.2 Å². The maximum Gasteiger partial charge on any atom is 0.298 e. The normalized spacial score (nSPS) is 13.8. The number of carbonyl (C=O) groups is 1. The fourth-order valence-corrected chi connectivity index (χ4v) is 3.83. The van der Waals surface area contributed by atoms with Crippen LogP contribution < -0.4 is 4.74 Å². The minimum Gasteiger partial charge on any atom is -0.428 e. The number of aromatic nitrogens is 2. The molecule has 0 aliphatic carbocycles. The second-order valence-corrected chi connectivity index (χ2v) is 8.09. The van der Waals surface area contributed by atoms with Gasteiger partial charge in [0, 0.05) is 18.3 Å². The highest BCUT2D eigenvalue weighted by molar-refractivity contribution is 5.81. The predicted octanol–water partition coefficient (Wildman–Crippen LogP) is 6.22. The van der Waals surface area contributed by atoms with Crippen molar-refractivity contribution in [2.75, 3.05) is 0 Å². The molecule has 1 aliphatic heterocycles. The second-order valence-electron chi connectivity index (χ2n) is 8.09. The summed E-state index contributed by atoms with van der Waals surface area (Å²) >= 11 is 0. The number of hydrogen-bond donors (Lipinski definition) is 0. The van der Waals surface area contributed by atoms with Crippen molar-refractivity contribution in [2.45, 2.75) is 72.8 Å². The molecule has 29 heavy (non-hydrogen) atoms.